The average Bonchev–Trinajstić information content (AvgIpc) is 2.76. The van der Waals surface area contributed by atoms with E-state index in [1.165, 1.54) is 6.92 Å². The molecule has 1 aliphatic rings. The van der Waals surface area contributed by atoms with Gasteiger partial charge < -0.3 is 21.9 Å². The van der Waals surface area contributed by atoms with E-state index in [1.807, 2.05) is 11.0 Å². The average molecular weight is 339 g/mol. The van der Waals surface area contributed by atoms with Crippen LogP contribution in [0, 0.1) is 13.3 Å². The van der Waals surface area contributed by atoms with E-state index in [2.05, 4.69) is 12.2 Å². The molecule has 5 heteroatoms. The first kappa shape index (κ1) is 18.8. The summed E-state index contributed by atoms with van der Waals surface area (Å²) in [7, 11) is 1.77. The van der Waals surface area contributed by atoms with Crippen molar-refractivity contribution >= 4 is 11.7 Å². The van der Waals surface area contributed by atoms with Crippen LogP contribution in [0.4, 0.5) is 0 Å². The Kier molecular flexibility index (Phi) is 9.58. The van der Waals surface area contributed by atoms with Gasteiger partial charge in [-0.3, -0.25) is 4.79 Å². The van der Waals surface area contributed by atoms with E-state index in [-0.39, 0.29) is 50.4 Å². The van der Waals surface area contributed by atoms with E-state index in [9.17, 15) is 9.59 Å². The number of likely N-dealkylation sites (N-methyl/N-ethyl adjacent to an activating group) is 1. The largest absolute Gasteiger partial charge is 0.351 e. The summed E-state index contributed by atoms with van der Waals surface area (Å²) in [6.07, 6.45) is 6.16. The van der Waals surface area contributed by atoms with Gasteiger partial charge in [-0.15, -0.1) is 0 Å². The zero-order valence-electron chi connectivity index (χ0n) is 11.8. The Morgan fingerprint density at radius 1 is 1.53 bits per heavy atom. The van der Waals surface area contributed by atoms with E-state index in [0.29, 0.717) is 13.0 Å². The first-order valence-corrected chi connectivity index (χ1v) is 6.37. The van der Waals surface area contributed by atoms with Crippen molar-refractivity contribution in [3.63, 3.8) is 0 Å². The Bertz CT molecular complexity index is 342. The van der Waals surface area contributed by atoms with Crippen LogP contribution in [0.25, 0.3) is 0 Å². The van der Waals surface area contributed by atoms with Crippen molar-refractivity contribution in [1.29, 1.82) is 0 Å². The van der Waals surface area contributed by atoms with Crippen molar-refractivity contribution < 1.29 is 42.3 Å². The molecule has 1 atom stereocenters. The van der Waals surface area contributed by atoms with Crippen LogP contribution < -0.4 is 5.32 Å². The van der Waals surface area contributed by atoms with Gasteiger partial charge in [-0.05, 0) is 32.9 Å². The van der Waals surface area contributed by atoms with Crippen LogP contribution in [-0.4, -0.2) is 42.8 Å². The topological polar surface area (TPSA) is 49.4 Å². The number of ketones is 1. The maximum Gasteiger partial charge on any atom is 0.235 e. The maximum absolute atomic E-state index is 11.9. The normalized spacial score (nSPS) is 19.0. The fourth-order valence-electron chi connectivity index (χ4n) is 2.24. The van der Waals surface area contributed by atoms with E-state index in [4.69, 9.17) is 0 Å². The molecule has 0 spiro atoms. The summed E-state index contributed by atoms with van der Waals surface area (Å²) in [4.78, 5) is 24.9. The van der Waals surface area contributed by atoms with E-state index < -0.39 is 0 Å². The summed E-state index contributed by atoms with van der Waals surface area (Å²) in [6, 6.07) is 0.109. The van der Waals surface area contributed by atoms with Crippen LogP contribution in [0.5, 0.6) is 0 Å². The summed E-state index contributed by atoms with van der Waals surface area (Å²) >= 11 is 0. The second-order valence-corrected chi connectivity index (χ2v) is 4.57. The van der Waals surface area contributed by atoms with Crippen molar-refractivity contribution in [3.8, 4) is 0 Å². The van der Waals surface area contributed by atoms with Gasteiger partial charge in [0.25, 0.3) is 0 Å². The van der Waals surface area contributed by atoms with Crippen molar-refractivity contribution in [2.24, 2.45) is 0 Å². The molecule has 105 valence electrons. The van der Waals surface area contributed by atoms with Crippen molar-refractivity contribution in [2.45, 2.75) is 32.2 Å². The quantitative estimate of drug-likeness (QED) is 0.739. The zero-order valence-corrected chi connectivity index (χ0v) is 14.7. The monoisotopic (exact) mass is 339 g/mol. The molecule has 1 amide bonds. The van der Waals surface area contributed by atoms with Crippen LogP contribution in [-0.2, 0) is 42.3 Å². The molecule has 0 aliphatic carbocycles. The third-order valence-electron chi connectivity index (χ3n) is 3.03. The molecular formula is C14H22N2O2Y-2. The van der Waals surface area contributed by atoms with Crippen molar-refractivity contribution in [2.75, 3.05) is 20.1 Å². The Labute approximate surface area is 141 Å². The Hall–Kier alpha value is -0.186. The number of hydrogen-bond donors (Lipinski definition) is 1. The number of nitrogens with one attached hydrogen (secondary N) is 1. The number of likely N-dealkylation sites (tertiary alicyclic amines) is 1. The minimum absolute atomic E-state index is 0. The van der Waals surface area contributed by atoms with Crippen LogP contribution >= 0.6 is 0 Å². The standard InChI is InChI=1S/C14H22N2O2.Y/c1-4-12(8-11(2)17)9-13-6-5-7-16(13)14(18)10-15-3;/h8-9,13,15H,1,4-7,10H2,2-3H3;/q-2;/b12-9+;/t13-;/m1./s1. The first-order chi connectivity index (χ1) is 8.58. The Morgan fingerprint density at radius 2 is 2.21 bits per heavy atom. The van der Waals surface area contributed by atoms with Gasteiger partial charge in [0.15, 0.2) is 0 Å². The number of rotatable bonds is 6. The van der Waals surface area contributed by atoms with Gasteiger partial charge in [-0.1, -0.05) is 0 Å². The summed E-state index contributed by atoms with van der Waals surface area (Å²) in [5, 5.41) is 2.88. The summed E-state index contributed by atoms with van der Waals surface area (Å²) in [5.41, 5.74) is 0.914. The fraction of sp³-hybridized carbons (Fsp3) is 0.571. The molecule has 1 aliphatic heterocycles. The van der Waals surface area contributed by atoms with Crippen LogP contribution in [0.3, 0.4) is 0 Å². The van der Waals surface area contributed by atoms with Gasteiger partial charge in [0.1, 0.15) is 0 Å². The number of amides is 1. The molecule has 1 fully saturated rings. The van der Waals surface area contributed by atoms with E-state index in [1.54, 1.807) is 13.5 Å². The molecule has 1 rings (SSSR count). The number of Topliss-reactive ketones (excluding diaryl/α,β-unsaturated/α-hetero) is 1. The minimum atomic E-state index is 0. The molecule has 1 radical (unpaired) electrons. The Morgan fingerprint density at radius 3 is 2.74 bits per heavy atom. The molecule has 1 saturated heterocycles. The SMILES string of the molecule is [CH2-]C/C(=C\[C@H]1CCCN1C(=O)CNC)[CH-]C(C)=O.[Y]. The third kappa shape index (κ3) is 6.20. The molecule has 0 aromatic heterocycles. The number of allylic oxidation sites excluding steroid dienone is 1. The minimum Gasteiger partial charge on any atom is -0.351 e. The predicted molar refractivity (Wildman–Crippen MR) is 71.7 cm³/mol. The molecule has 0 aromatic rings. The number of hydrogen-bond acceptors (Lipinski definition) is 3. The van der Waals surface area contributed by atoms with Crippen molar-refractivity contribution in [3.05, 3.63) is 25.0 Å². The van der Waals surface area contributed by atoms with Crippen LogP contribution in [0.2, 0.25) is 0 Å². The van der Waals surface area contributed by atoms with Crippen molar-refractivity contribution in [1.82, 2.24) is 10.2 Å². The van der Waals surface area contributed by atoms with Gasteiger partial charge in [-0.2, -0.15) is 12.8 Å². The molecular weight excluding hydrogens is 317 g/mol. The smallest absolute Gasteiger partial charge is 0.235 e. The molecule has 0 aromatic carbocycles. The maximum atomic E-state index is 11.9. The molecule has 0 unspecified atom stereocenters. The van der Waals surface area contributed by atoms with Crippen LogP contribution in [0.1, 0.15) is 26.2 Å². The van der Waals surface area contributed by atoms with Gasteiger partial charge >= 0.3 is 0 Å². The number of carbonyl (C=O) groups excluding carboxylic acids is 2. The summed E-state index contributed by atoms with van der Waals surface area (Å²) < 4.78 is 0. The third-order valence-corrected chi connectivity index (χ3v) is 3.03. The van der Waals surface area contributed by atoms with Gasteiger partial charge in [-0.25, -0.2) is 11.6 Å². The van der Waals surface area contributed by atoms with E-state index in [0.717, 1.165) is 25.0 Å². The first-order valence-electron chi connectivity index (χ1n) is 6.37. The number of carbonyl (C=O) groups is 2. The van der Waals surface area contributed by atoms with Gasteiger partial charge in [0, 0.05) is 39.3 Å². The Balaban J connectivity index is 0.00000324. The van der Waals surface area contributed by atoms with Gasteiger partial charge in [0.05, 0.1) is 12.3 Å². The summed E-state index contributed by atoms with van der Waals surface area (Å²) in [5.74, 6) is 0.137. The van der Waals surface area contributed by atoms with Gasteiger partial charge in [0.2, 0.25) is 5.91 Å². The fourth-order valence-corrected chi connectivity index (χ4v) is 2.24. The van der Waals surface area contributed by atoms with Crippen LogP contribution in [0.15, 0.2) is 11.6 Å². The molecule has 1 heterocycles. The summed E-state index contributed by atoms with van der Waals surface area (Å²) in [6.45, 7) is 6.51. The zero-order chi connectivity index (χ0) is 13.5. The predicted octanol–water partition coefficient (Wildman–Crippen LogP) is 1.14. The molecule has 0 saturated carbocycles. The number of nitrogens with zero attached hydrogens (tertiary/aromatic N) is 1. The molecule has 1 N–H and O–H groups in total. The molecule has 19 heavy (non-hydrogen) atoms. The second kappa shape index (κ2) is 9.68. The molecule has 4 nitrogen and oxygen atoms in total. The second-order valence-electron chi connectivity index (χ2n) is 4.57. The molecule has 0 bridgehead atoms. The van der Waals surface area contributed by atoms with E-state index >= 15 is 0 Å².